The molecule has 3 rings (SSSR count). The van der Waals surface area contributed by atoms with Crippen molar-refractivity contribution in [3.8, 4) is 0 Å². The molecule has 0 aliphatic heterocycles. The highest BCUT2D eigenvalue weighted by Crippen LogP contribution is 2.29. The number of carbonyl (C=O) groups is 1. The Balaban J connectivity index is 1.64. The number of nitrogens with one attached hydrogen (secondary N) is 1. The van der Waals surface area contributed by atoms with E-state index >= 15 is 0 Å². The van der Waals surface area contributed by atoms with Crippen LogP contribution in [0.1, 0.15) is 43.7 Å². The summed E-state index contributed by atoms with van der Waals surface area (Å²) < 4.78 is 14.8. The molecule has 22 heavy (non-hydrogen) atoms. The van der Waals surface area contributed by atoms with Crippen LogP contribution in [0.4, 0.5) is 10.2 Å². The molecule has 1 heterocycles. The average Bonchev–Trinajstić information content (AvgIpc) is 2.98. The molecule has 116 valence electrons. The molecule has 1 saturated carbocycles. The Morgan fingerprint density at radius 1 is 1.18 bits per heavy atom. The van der Waals surface area contributed by atoms with Gasteiger partial charge >= 0.3 is 0 Å². The fourth-order valence-electron chi connectivity index (χ4n) is 3.00. The number of anilines is 1. The zero-order chi connectivity index (χ0) is 15.4. The molecule has 0 unspecified atom stereocenters. The lowest BCUT2D eigenvalue weighted by atomic mass is 9.96. The second kappa shape index (κ2) is 6.73. The molecule has 1 aromatic heterocycles. The van der Waals surface area contributed by atoms with Crippen LogP contribution < -0.4 is 5.32 Å². The van der Waals surface area contributed by atoms with Crippen LogP contribution in [-0.2, 0) is 11.2 Å². The summed E-state index contributed by atoms with van der Waals surface area (Å²) in [7, 11) is 0. The molecule has 0 spiro atoms. The molecule has 1 aliphatic carbocycles. The third-order valence-electron chi connectivity index (χ3n) is 4.14. The summed E-state index contributed by atoms with van der Waals surface area (Å²) in [6.45, 7) is 0. The topological polar surface area (TPSA) is 46.9 Å². The zero-order valence-corrected chi connectivity index (χ0v) is 12.5. The first kappa shape index (κ1) is 14.8. The molecule has 0 saturated heterocycles. The van der Waals surface area contributed by atoms with Gasteiger partial charge in [0.25, 0.3) is 0 Å². The van der Waals surface area contributed by atoms with Crippen LogP contribution in [0, 0.1) is 5.82 Å². The van der Waals surface area contributed by atoms with Crippen molar-refractivity contribution in [3.05, 3.63) is 47.9 Å². The highest BCUT2D eigenvalue weighted by Gasteiger charge is 2.19. The minimum Gasteiger partial charge on any atom is -0.311 e. The van der Waals surface area contributed by atoms with Gasteiger partial charge < -0.3 is 5.32 Å². The molecule has 0 bridgehead atoms. The van der Waals surface area contributed by atoms with E-state index in [1.807, 2.05) is 10.7 Å². The summed E-state index contributed by atoms with van der Waals surface area (Å²) in [6.07, 6.45) is 7.90. The largest absolute Gasteiger partial charge is 0.311 e. The summed E-state index contributed by atoms with van der Waals surface area (Å²) in [5.41, 5.74) is 0.794. The van der Waals surface area contributed by atoms with E-state index in [1.165, 1.54) is 31.4 Å². The van der Waals surface area contributed by atoms with Crippen molar-refractivity contribution in [3.63, 3.8) is 0 Å². The summed E-state index contributed by atoms with van der Waals surface area (Å²) in [6, 6.07) is 8.21. The van der Waals surface area contributed by atoms with Crippen molar-refractivity contribution in [2.24, 2.45) is 0 Å². The van der Waals surface area contributed by atoms with Gasteiger partial charge in [-0.2, -0.15) is 5.10 Å². The van der Waals surface area contributed by atoms with Gasteiger partial charge in [-0.15, -0.1) is 0 Å². The summed E-state index contributed by atoms with van der Waals surface area (Å²) >= 11 is 0. The van der Waals surface area contributed by atoms with Crippen LogP contribution >= 0.6 is 0 Å². The molecule has 1 aromatic carbocycles. The molecule has 1 fully saturated rings. The maximum absolute atomic E-state index is 12.9. The zero-order valence-electron chi connectivity index (χ0n) is 12.5. The number of hydrogen-bond donors (Lipinski definition) is 1. The first-order valence-electron chi connectivity index (χ1n) is 7.80. The standard InChI is InChI=1S/C17H20FN3O/c18-14-8-6-13(7-9-14)12-17(22)20-16-10-11-19-21(16)15-4-2-1-3-5-15/h6-11,15H,1-5,12H2,(H,20,22). The Morgan fingerprint density at radius 3 is 2.64 bits per heavy atom. The lowest BCUT2D eigenvalue weighted by Gasteiger charge is -2.23. The first-order chi connectivity index (χ1) is 10.7. The highest BCUT2D eigenvalue weighted by molar-refractivity contribution is 5.91. The number of hydrogen-bond acceptors (Lipinski definition) is 2. The molecule has 2 aromatic rings. The van der Waals surface area contributed by atoms with Gasteiger partial charge in [0.1, 0.15) is 11.6 Å². The first-order valence-corrected chi connectivity index (χ1v) is 7.80. The number of carbonyl (C=O) groups excluding carboxylic acids is 1. The smallest absolute Gasteiger partial charge is 0.229 e. The minimum absolute atomic E-state index is 0.107. The molecular weight excluding hydrogens is 281 g/mol. The molecule has 1 N–H and O–H groups in total. The highest BCUT2D eigenvalue weighted by atomic mass is 19.1. The molecular formula is C17H20FN3O. The van der Waals surface area contributed by atoms with Gasteiger partial charge in [0.2, 0.25) is 5.91 Å². The number of halogens is 1. The molecule has 0 radical (unpaired) electrons. The number of benzene rings is 1. The second-order valence-electron chi connectivity index (χ2n) is 5.80. The van der Waals surface area contributed by atoms with E-state index in [4.69, 9.17) is 0 Å². The van der Waals surface area contributed by atoms with Crippen molar-refractivity contribution >= 4 is 11.7 Å². The van der Waals surface area contributed by atoms with Crippen molar-refractivity contribution in [1.29, 1.82) is 0 Å². The Bertz CT molecular complexity index is 630. The van der Waals surface area contributed by atoms with Crippen molar-refractivity contribution < 1.29 is 9.18 Å². The van der Waals surface area contributed by atoms with Crippen LogP contribution in [0.15, 0.2) is 36.5 Å². The Kier molecular flexibility index (Phi) is 4.51. The third kappa shape index (κ3) is 3.53. The molecule has 1 aliphatic rings. The van der Waals surface area contributed by atoms with Crippen molar-refractivity contribution in [2.75, 3.05) is 5.32 Å². The van der Waals surface area contributed by atoms with Gasteiger partial charge in [0.05, 0.1) is 18.7 Å². The number of nitrogens with zero attached hydrogens (tertiary/aromatic N) is 2. The molecule has 5 heteroatoms. The number of amides is 1. The molecule has 4 nitrogen and oxygen atoms in total. The number of rotatable bonds is 4. The fraction of sp³-hybridized carbons (Fsp3) is 0.412. The maximum atomic E-state index is 12.9. The normalized spacial score (nSPS) is 15.7. The van der Waals surface area contributed by atoms with E-state index in [2.05, 4.69) is 10.4 Å². The second-order valence-corrected chi connectivity index (χ2v) is 5.80. The summed E-state index contributed by atoms with van der Waals surface area (Å²) in [5.74, 6) is 0.350. The lowest BCUT2D eigenvalue weighted by molar-refractivity contribution is -0.115. The monoisotopic (exact) mass is 301 g/mol. The quantitative estimate of drug-likeness (QED) is 0.935. The molecule has 0 atom stereocenters. The van der Waals surface area contributed by atoms with Gasteiger partial charge in [-0.05, 0) is 30.5 Å². The van der Waals surface area contributed by atoms with Gasteiger partial charge in [0.15, 0.2) is 0 Å². The van der Waals surface area contributed by atoms with Gasteiger partial charge in [-0.1, -0.05) is 31.4 Å². The van der Waals surface area contributed by atoms with Crippen LogP contribution in [0.3, 0.4) is 0 Å². The van der Waals surface area contributed by atoms with E-state index in [1.54, 1.807) is 18.3 Å². The van der Waals surface area contributed by atoms with E-state index < -0.39 is 0 Å². The SMILES string of the molecule is O=C(Cc1ccc(F)cc1)Nc1ccnn1C1CCCCC1. The van der Waals surface area contributed by atoms with Crippen LogP contribution in [-0.4, -0.2) is 15.7 Å². The fourth-order valence-corrected chi connectivity index (χ4v) is 3.00. The summed E-state index contributed by atoms with van der Waals surface area (Å²) in [4.78, 5) is 12.2. The van der Waals surface area contributed by atoms with Crippen LogP contribution in [0.25, 0.3) is 0 Å². The average molecular weight is 301 g/mol. The van der Waals surface area contributed by atoms with Crippen LogP contribution in [0.2, 0.25) is 0 Å². The molecule has 1 amide bonds. The minimum atomic E-state index is -0.292. The lowest BCUT2D eigenvalue weighted by Crippen LogP contribution is -2.21. The third-order valence-corrected chi connectivity index (χ3v) is 4.14. The Morgan fingerprint density at radius 2 is 1.91 bits per heavy atom. The summed E-state index contributed by atoms with van der Waals surface area (Å²) in [5, 5.41) is 7.28. The van der Waals surface area contributed by atoms with E-state index in [-0.39, 0.29) is 18.1 Å². The van der Waals surface area contributed by atoms with Gasteiger partial charge in [0, 0.05) is 6.07 Å². The van der Waals surface area contributed by atoms with Gasteiger partial charge in [-0.3, -0.25) is 4.79 Å². The van der Waals surface area contributed by atoms with E-state index in [0.29, 0.717) is 6.04 Å². The van der Waals surface area contributed by atoms with Crippen molar-refractivity contribution in [2.45, 2.75) is 44.6 Å². The Hall–Kier alpha value is -2.17. The predicted octanol–water partition coefficient (Wildman–Crippen LogP) is 3.71. The van der Waals surface area contributed by atoms with E-state index in [0.717, 1.165) is 24.2 Å². The van der Waals surface area contributed by atoms with E-state index in [9.17, 15) is 9.18 Å². The predicted molar refractivity (Wildman–Crippen MR) is 83.1 cm³/mol. The van der Waals surface area contributed by atoms with Crippen molar-refractivity contribution in [1.82, 2.24) is 9.78 Å². The van der Waals surface area contributed by atoms with Gasteiger partial charge in [-0.25, -0.2) is 9.07 Å². The maximum Gasteiger partial charge on any atom is 0.229 e. The Labute approximate surface area is 129 Å². The van der Waals surface area contributed by atoms with Crippen LogP contribution in [0.5, 0.6) is 0 Å². The number of aromatic nitrogens is 2.